The summed E-state index contributed by atoms with van der Waals surface area (Å²) in [5, 5.41) is 3.60. The van der Waals surface area contributed by atoms with Gasteiger partial charge >= 0.3 is 0 Å². The minimum Gasteiger partial charge on any atom is -0.350 e. The van der Waals surface area contributed by atoms with Crippen molar-refractivity contribution in [1.29, 1.82) is 0 Å². The molecule has 0 aliphatic carbocycles. The molecule has 30 heavy (non-hydrogen) atoms. The van der Waals surface area contributed by atoms with Crippen LogP contribution >= 0.6 is 23.4 Å². The fraction of sp³-hybridized carbons (Fsp3) is 0.417. The number of rotatable bonds is 8. The van der Waals surface area contributed by atoms with Crippen LogP contribution in [0.4, 0.5) is 0 Å². The van der Waals surface area contributed by atoms with Crippen molar-refractivity contribution in [3.63, 3.8) is 0 Å². The lowest BCUT2D eigenvalue weighted by Gasteiger charge is -2.33. The van der Waals surface area contributed by atoms with E-state index >= 15 is 0 Å². The largest absolute Gasteiger partial charge is 0.350 e. The second-order valence-corrected chi connectivity index (χ2v) is 9.83. The molecule has 0 aliphatic rings. The second kappa shape index (κ2) is 10.9. The molecular weight excluding hydrogens is 416 g/mol. The van der Waals surface area contributed by atoms with Crippen molar-refractivity contribution in [1.82, 2.24) is 10.2 Å². The normalized spacial score (nSPS) is 12.3. The lowest BCUT2D eigenvalue weighted by atomic mass is 10.1. The van der Waals surface area contributed by atoms with Crippen molar-refractivity contribution >= 4 is 35.2 Å². The van der Waals surface area contributed by atoms with Gasteiger partial charge in [-0.05, 0) is 57.9 Å². The highest BCUT2D eigenvalue weighted by atomic mass is 35.5. The van der Waals surface area contributed by atoms with Gasteiger partial charge in [0.15, 0.2) is 0 Å². The van der Waals surface area contributed by atoms with E-state index in [1.807, 2.05) is 77.1 Å². The van der Waals surface area contributed by atoms with Crippen LogP contribution < -0.4 is 5.32 Å². The monoisotopic (exact) mass is 446 g/mol. The molecule has 0 radical (unpaired) electrons. The predicted molar refractivity (Wildman–Crippen MR) is 126 cm³/mol. The molecule has 1 unspecified atom stereocenters. The highest BCUT2D eigenvalue weighted by Crippen LogP contribution is 2.23. The number of nitrogens with zero attached hydrogens (tertiary/aromatic N) is 1. The zero-order chi connectivity index (χ0) is 22.3. The third-order valence-corrected chi connectivity index (χ3v) is 5.93. The van der Waals surface area contributed by atoms with Crippen LogP contribution in [0.3, 0.4) is 0 Å². The summed E-state index contributed by atoms with van der Waals surface area (Å²) < 4.78 is 0. The van der Waals surface area contributed by atoms with E-state index in [4.69, 9.17) is 11.6 Å². The zero-order valence-corrected chi connectivity index (χ0v) is 19.9. The van der Waals surface area contributed by atoms with Gasteiger partial charge in [0.25, 0.3) is 0 Å². The van der Waals surface area contributed by atoms with Crippen molar-refractivity contribution in [3.05, 3.63) is 64.7 Å². The van der Waals surface area contributed by atoms with E-state index in [0.717, 1.165) is 10.5 Å². The number of amides is 2. The summed E-state index contributed by atoms with van der Waals surface area (Å²) in [6.07, 6.45) is 0.521. The van der Waals surface area contributed by atoms with Crippen molar-refractivity contribution < 1.29 is 9.59 Å². The number of benzene rings is 2. The van der Waals surface area contributed by atoms with Gasteiger partial charge in [-0.2, -0.15) is 0 Å². The number of thioether (sulfide) groups is 1. The fourth-order valence-corrected chi connectivity index (χ4v) is 4.03. The Hall–Kier alpha value is -1.98. The Labute approximate surface area is 189 Å². The number of hydrogen-bond acceptors (Lipinski definition) is 3. The van der Waals surface area contributed by atoms with Crippen LogP contribution in [0.1, 0.15) is 45.2 Å². The molecule has 0 aliphatic heterocycles. The summed E-state index contributed by atoms with van der Waals surface area (Å²) in [5.74, 6) is 0.0226. The summed E-state index contributed by atoms with van der Waals surface area (Å²) in [4.78, 5) is 28.9. The molecule has 0 aromatic heterocycles. The summed E-state index contributed by atoms with van der Waals surface area (Å²) in [6, 6.07) is 15.0. The molecule has 0 spiro atoms. The third kappa shape index (κ3) is 7.37. The van der Waals surface area contributed by atoms with Gasteiger partial charge in [-0.15, -0.1) is 11.8 Å². The highest BCUT2D eigenvalue weighted by Gasteiger charge is 2.30. The molecule has 162 valence electrons. The Balaban J connectivity index is 2.24. The van der Waals surface area contributed by atoms with Crippen LogP contribution in [-0.2, 0) is 16.1 Å². The Morgan fingerprint density at radius 1 is 1.10 bits per heavy atom. The number of carbonyl (C=O) groups excluding carboxylic acids is 2. The van der Waals surface area contributed by atoms with Crippen LogP contribution in [-0.4, -0.2) is 34.0 Å². The molecule has 1 atom stereocenters. The van der Waals surface area contributed by atoms with Crippen LogP contribution in [0.25, 0.3) is 0 Å². The Bertz CT molecular complexity index is 862. The summed E-state index contributed by atoms with van der Waals surface area (Å²) in [6.45, 7) is 10.1. The van der Waals surface area contributed by atoms with E-state index in [2.05, 4.69) is 5.32 Å². The van der Waals surface area contributed by atoms with Gasteiger partial charge in [0.05, 0.1) is 5.75 Å². The first-order valence-electron chi connectivity index (χ1n) is 10.1. The average Bonchev–Trinajstić information content (AvgIpc) is 2.67. The maximum atomic E-state index is 13.3. The van der Waals surface area contributed by atoms with Gasteiger partial charge in [0, 0.05) is 22.0 Å². The van der Waals surface area contributed by atoms with E-state index < -0.39 is 6.04 Å². The Kier molecular flexibility index (Phi) is 8.80. The van der Waals surface area contributed by atoms with Gasteiger partial charge in [-0.1, -0.05) is 54.4 Å². The van der Waals surface area contributed by atoms with Crippen LogP contribution in [0.2, 0.25) is 5.02 Å². The molecule has 1 N–H and O–H groups in total. The molecule has 0 saturated carbocycles. The number of hydrogen-bond donors (Lipinski definition) is 1. The second-order valence-electron chi connectivity index (χ2n) is 8.38. The van der Waals surface area contributed by atoms with E-state index in [1.165, 1.54) is 17.3 Å². The zero-order valence-electron chi connectivity index (χ0n) is 18.4. The summed E-state index contributed by atoms with van der Waals surface area (Å²) >= 11 is 7.83. The average molecular weight is 447 g/mol. The van der Waals surface area contributed by atoms with Crippen LogP contribution in [0, 0.1) is 6.92 Å². The smallest absolute Gasteiger partial charge is 0.243 e. The molecule has 0 bridgehead atoms. The first-order valence-corrected chi connectivity index (χ1v) is 11.5. The van der Waals surface area contributed by atoms with E-state index in [9.17, 15) is 9.59 Å². The molecule has 6 heteroatoms. The fourth-order valence-electron chi connectivity index (χ4n) is 3.05. The van der Waals surface area contributed by atoms with Crippen LogP contribution in [0.15, 0.2) is 53.4 Å². The molecule has 0 heterocycles. The van der Waals surface area contributed by atoms with Crippen molar-refractivity contribution in [2.45, 2.75) is 64.1 Å². The van der Waals surface area contributed by atoms with Crippen molar-refractivity contribution in [2.24, 2.45) is 0 Å². The quantitative estimate of drug-likeness (QED) is 0.547. The summed E-state index contributed by atoms with van der Waals surface area (Å²) in [7, 11) is 0. The van der Waals surface area contributed by atoms with Gasteiger partial charge in [0.1, 0.15) is 6.04 Å². The number of aryl methyl sites for hydroxylation is 1. The van der Waals surface area contributed by atoms with E-state index in [1.54, 1.807) is 11.0 Å². The minimum absolute atomic E-state index is 0.0867. The van der Waals surface area contributed by atoms with E-state index in [-0.39, 0.29) is 23.1 Å². The molecule has 2 amide bonds. The third-order valence-electron chi connectivity index (χ3n) is 4.57. The molecular formula is C24H31ClN2O2S. The van der Waals surface area contributed by atoms with Crippen molar-refractivity contribution in [3.8, 4) is 0 Å². The van der Waals surface area contributed by atoms with Gasteiger partial charge in [0.2, 0.25) is 11.8 Å². The molecule has 2 aromatic rings. The predicted octanol–water partition coefficient (Wildman–Crippen LogP) is 5.46. The lowest BCUT2D eigenvalue weighted by Crippen LogP contribution is -2.53. The maximum absolute atomic E-state index is 13.3. The SMILES string of the molecule is CCC(C(=O)NC(C)(C)C)N(Cc1ccccc1Cl)C(=O)CSc1ccc(C)cc1. The Morgan fingerprint density at radius 3 is 2.30 bits per heavy atom. The summed E-state index contributed by atoms with van der Waals surface area (Å²) in [5.41, 5.74) is 1.63. The first-order chi connectivity index (χ1) is 14.1. The van der Waals surface area contributed by atoms with E-state index in [0.29, 0.717) is 18.0 Å². The van der Waals surface area contributed by atoms with Crippen molar-refractivity contribution in [2.75, 3.05) is 5.75 Å². The first kappa shape index (κ1) is 24.3. The van der Waals surface area contributed by atoms with Crippen LogP contribution in [0.5, 0.6) is 0 Å². The minimum atomic E-state index is -0.563. The lowest BCUT2D eigenvalue weighted by molar-refractivity contribution is -0.140. The molecule has 2 aromatic carbocycles. The number of halogens is 1. The molecule has 4 nitrogen and oxygen atoms in total. The highest BCUT2D eigenvalue weighted by molar-refractivity contribution is 8.00. The van der Waals surface area contributed by atoms with Gasteiger partial charge < -0.3 is 10.2 Å². The molecule has 0 fully saturated rings. The standard InChI is InChI=1S/C24H31ClN2O2S/c1-6-21(23(29)26-24(3,4)5)27(15-18-9-7-8-10-20(18)25)22(28)16-30-19-13-11-17(2)12-14-19/h7-14,21H,6,15-16H2,1-5H3,(H,26,29). The molecule has 0 saturated heterocycles. The molecule has 2 rings (SSSR count). The Morgan fingerprint density at radius 2 is 1.73 bits per heavy atom. The topological polar surface area (TPSA) is 49.4 Å². The number of nitrogens with one attached hydrogen (secondary N) is 1. The van der Waals surface area contributed by atoms with Gasteiger partial charge in [-0.25, -0.2) is 0 Å². The maximum Gasteiger partial charge on any atom is 0.243 e. The van der Waals surface area contributed by atoms with Gasteiger partial charge in [-0.3, -0.25) is 9.59 Å². The number of carbonyl (C=O) groups is 2.